The van der Waals surface area contributed by atoms with Crippen molar-refractivity contribution in [3.8, 4) is 0 Å². The van der Waals surface area contributed by atoms with E-state index in [2.05, 4.69) is 75.8 Å². The second-order valence-electron chi connectivity index (χ2n) is 17.2. The minimum atomic E-state index is -0.854. The maximum absolute atomic E-state index is 11.5. The SMILES string of the molecule is CSc1cccc(NCCNC23CCCC2C2CCC4C5(C)CC=C(c6ccc(C(=O)O)cc6)C(C)(C)C5CCC4(C)[C@]2(C)CC3)n1. The van der Waals surface area contributed by atoms with Gasteiger partial charge in [0.15, 0.2) is 0 Å². The maximum Gasteiger partial charge on any atom is 0.335 e. The number of fused-ring (bicyclic) bond motifs is 7. The summed E-state index contributed by atoms with van der Waals surface area (Å²) in [6, 6.07) is 13.9. The van der Waals surface area contributed by atoms with Crippen LogP contribution in [0.2, 0.25) is 0 Å². The lowest BCUT2D eigenvalue weighted by Crippen LogP contribution is -2.67. The van der Waals surface area contributed by atoms with Gasteiger partial charge in [-0.05, 0) is 145 Å². The summed E-state index contributed by atoms with van der Waals surface area (Å²) in [5.41, 5.74) is 4.35. The van der Waals surface area contributed by atoms with Crippen LogP contribution in [0.4, 0.5) is 5.82 Å². The Kier molecular flexibility index (Phi) is 8.43. The molecule has 7 rings (SSSR count). The van der Waals surface area contributed by atoms with Crippen LogP contribution >= 0.6 is 11.8 Å². The van der Waals surface area contributed by atoms with E-state index >= 15 is 0 Å². The first-order chi connectivity index (χ1) is 22.4. The summed E-state index contributed by atoms with van der Waals surface area (Å²) in [6.07, 6.45) is 17.9. The molecule has 0 amide bonds. The molecule has 3 N–H and O–H groups in total. The Morgan fingerprint density at radius 3 is 2.40 bits per heavy atom. The third kappa shape index (κ3) is 5.13. The van der Waals surface area contributed by atoms with Gasteiger partial charge in [0.25, 0.3) is 0 Å². The first-order valence-electron chi connectivity index (χ1n) is 18.4. The highest BCUT2D eigenvalue weighted by molar-refractivity contribution is 7.98. The van der Waals surface area contributed by atoms with E-state index in [1.165, 1.54) is 68.9 Å². The van der Waals surface area contributed by atoms with Gasteiger partial charge in [-0.15, -0.1) is 11.8 Å². The van der Waals surface area contributed by atoms with Crippen LogP contribution < -0.4 is 10.6 Å². The molecule has 1 aromatic heterocycles. The molecule has 1 heterocycles. The van der Waals surface area contributed by atoms with E-state index in [0.29, 0.717) is 27.9 Å². The number of pyridine rings is 1. The number of nitrogens with one attached hydrogen (secondary N) is 2. The fourth-order valence-electron chi connectivity index (χ4n) is 12.9. The van der Waals surface area contributed by atoms with E-state index in [1.54, 1.807) is 23.9 Å². The number of benzene rings is 1. The number of carboxylic acid groups (broad SMARTS) is 1. The molecule has 0 radical (unpaired) electrons. The lowest BCUT2D eigenvalue weighted by Gasteiger charge is -2.72. The fourth-order valence-corrected chi connectivity index (χ4v) is 13.3. The predicted octanol–water partition coefficient (Wildman–Crippen LogP) is 9.80. The number of carboxylic acids is 1. The zero-order chi connectivity index (χ0) is 33.2. The van der Waals surface area contributed by atoms with Crippen LogP contribution in [0, 0.1) is 45.3 Å². The number of rotatable bonds is 8. The van der Waals surface area contributed by atoms with Crippen LogP contribution in [-0.2, 0) is 0 Å². The molecule has 0 spiro atoms. The monoisotopic (exact) mass is 655 g/mol. The maximum atomic E-state index is 11.5. The first kappa shape index (κ1) is 33.2. The molecule has 1 aromatic carbocycles. The molecule has 0 saturated heterocycles. The molecule has 5 aliphatic carbocycles. The summed E-state index contributed by atoms with van der Waals surface area (Å²) in [5.74, 6) is 3.07. The van der Waals surface area contributed by atoms with Crippen molar-refractivity contribution in [1.29, 1.82) is 0 Å². The van der Waals surface area contributed by atoms with Crippen LogP contribution in [0.3, 0.4) is 0 Å². The first-order valence-corrected chi connectivity index (χ1v) is 19.6. The summed E-state index contributed by atoms with van der Waals surface area (Å²) in [7, 11) is 0. The van der Waals surface area contributed by atoms with Gasteiger partial charge in [0.05, 0.1) is 10.6 Å². The smallest absolute Gasteiger partial charge is 0.335 e. The third-order valence-electron chi connectivity index (χ3n) is 15.2. The van der Waals surface area contributed by atoms with Crippen molar-refractivity contribution in [3.63, 3.8) is 0 Å². The summed E-state index contributed by atoms with van der Waals surface area (Å²) in [6.45, 7) is 15.0. The standard InChI is InChI=1S/C41H57N3O2S/c1-37(2)29(27-12-14-28(15-13-27)36(45)46)18-21-38(3)32(37)19-22-40(5)33(38)17-16-30-31-9-8-20-41(31,24-23-39(30,40)4)43-26-25-42-34-10-7-11-35(44-34)47-6/h7,10-15,18,30-33,43H,8-9,16-17,19-26H2,1-6H3,(H,42,44)(H,45,46)/t30?,31?,32?,33?,38?,39-,40?,41?/m1/s1. The van der Waals surface area contributed by atoms with Gasteiger partial charge in [0.1, 0.15) is 5.82 Å². The van der Waals surface area contributed by atoms with Crippen molar-refractivity contribution in [3.05, 3.63) is 59.7 Å². The highest BCUT2D eigenvalue weighted by Crippen LogP contribution is 2.76. The van der Waals surface area contributed by atoms with E-state index in [4.69, 9.17) is 4.98 Å². The Morgan fingerprint density at radius 2 is 1.66 bits per heavy atom. The largest absolute Gasteiger partial charge is 0.478 e. The van der Waals surface area contributed by atoms with Crippen molar-refractivity contribution in [2.24, 2.45) is 45.3 Å². The molecule has 4 fully saturated rings. The lowest BCUT2D eigenvalue weighted by molar-refractivity contribution is -0.216. The fraction of sp³-hybridized carbons (Fsp3) is 0.659. The van der Waals surface area contributed by atoms with E-state index in [0.717, 1.165) is 48.1 Å². The molecule has 8 atom stereocenters. The number of carbonyl (C=O) groups is 1. The Labute approximate surface area is 287 Å². The average molecular weight is 656 g/mol. The highest BCUT2D eigenvalue weighted by atomic mass is 32.2. The molecular weight excluding hydrogens is 599 g/mol. The second-order valence-corrected chi connectivity index (χ2v) is 18.0. The number of aromatic nitrogens is 1. The van der Waals surface area contributed by atoms with E-state index in [-0.39, 0.29) is 10.8 Å². The number of allylic oxidation sites excluding steroid dienone is 2. The van der Waals surface area contributed by atoms with Crippen molar-refractivity contribution < 1.29 is 9.90 Å². The minimum Gasteiger partial charge on any atom is -0.478 e. The number of anilines is 1. The summed E-state index contributed by atoms with van der Waals surface area (Å²) < 4.78 is 0. The third-order valence-corrected chi connectivity index (χ3v) is 15.9. The van der Waals surface area contributed by atoms with E-state index < -0.39 is 5.97 Å². The Balaban J connectivity index is 1.09. The number of hydrogen-bond acceptors (Lipinski definition) is 5. The van der Waals surface area contributed by atoms with Crippen molar-refractivity contribution in [2.75, 3.05) is 24.7 Å². The van der Waals surface area contributed by atoms with Gasteiger partial charge < -0.3 is 15.7 Å². The van der Waals surface area contributed by atoms with Gasteiger partial charge in [-0.1, -0.05) is 65.3 Å². The normalized spacial score (nSPS) is 38.7. The number of aromatic carboxylic acids is 1. The van der Waals surface area contributed by atoms with Crippen molar-refractivity contribution >= 4 is 29.1 Å². The van der Waals surface area contributed by atoms with Crippen LogP contribution in [0.1, 0.15) is 115 Å². The minimum absolute atomic E-state index is 0.0498. The molecule has 5 aliphatic rings. The van der Waals surface area contributed by atoms with Gasteiger partial charge in [0, 0.05) is 18.6 Å². The molecule has 254 valence electrons. The lowest BCUT2D eigenvalue weighted by atomic mass is 9.33. The van der Waals surface area contributed by atoms with Gasteiger partial charge in [-0.2, -0.15) is 0 Å². The summed E-state index contributed by atoms with van der Waals surface area (Å²) in [5, 5.41) is 18.3. The van der Waals surface area contributed by atoms with E-state index in [1.807, 2.05) is 12.1 Å². The van der Waals surface area contributed by atoms with E-state index in [9.17, 15) is 9.90 Å². The molecule has 7 unspecified atom stereocenters. The van der Waals surface area contributed by atoms with Crippen LogP contribution in [0.15, 0.2) is 53.6 Å². The number of thioether (sulfide) groups is 1. The van der Waals surface area contributed by atoms with Crippen LogP contribution in [0.25, 0.3) is 5.57 Å². The molecule has 6 heteroatoms. The predicted molar refractivity (Wildman–Crippen MR) is 195 cm³/mol. The summed E-state index contributed by atoms with van der Waals surface area (Å²) in [4.78, 5) is 16.2. The topological polar surface area (TPSA) is 74.2 Å². The van der Waals surface area contributed by atoms with Gasteiger partial charge in [-0.3, -0.25) is 0 Å². The van der Waals surface area contributed by atoms with Gasteiger partial charge >= 0.3 is 5.97 Å². The van der Waals surface area contributed by atoms with Gasteiger partial charge in [-0.25, -0.2) is 9.78 Å². The zero-order valence-electron chi connectivity index (χ0n) is 29.6. The second kappa shape index (κ2) is 11.9. The summed E-state index contributed by atoms with van der Waals surface area (Å²) >= 11 is 1.69. The highest BCUT2D eigenvalue weighted by Gasteiger charge is 2.69. The zero-order valence-corrected chi connectivity index (χ0v) is 30.4. The Bertz CT molecular complexity index is 1540. The molecule has 2 aromatic rings. The number of hydrogen-bond donors (Lipinski definition) is 3. The molecule has 47 heavy (non-hydrogen) atoms. The average Bonchev–Trinajstić information content (AvgIpc) is 3.47. The molecule has 0 bridgehead atoms. The quantitative estimate of drug-likeness (QED) is 0.194. The van der Waals surface area contributed by atoms with Gasteiger partial charge in [0.2, 0.25) is 0 Å². The molecular formula is C41H57N3O2S. The molecule has 4 saturated carbocycles. The Hall–Kier alpha value is -2.31. The molecule has 0 aliphatic heterocycles. The number of nitrogens with zero attached hydrogens (tertiary/aromatic N) is 1. The van der Waals surface area contributed by atoms with Crippen molar-refractivity contribution in [1.82, 2.24) is 10.3 Å². The van der Waals surface area contributed by atoms with Crippen LogP contribution in [-0.4, -0.2) is 40.9 Å². The van der Waals surface area contributed by atoms with Crippen molar-refractivity contribution in [2.45, 2.75) is 109 Å². The Morgan fingerprint density at radius 1 is 0.872 bits per heavy atom. The molecule has 5 nitrogen and oxygen atoms in total. The van der Waals surface area contributed by atoms with Crippen LogP contribution in [0.5, 0.6) is 0 Å².